The largest absolute Gasteiger partial charge is 0.379 e. The van der Waals surface area contributed by atoms with Crippen LogP contribution in [0.15, 0.2) is 0 Å². The summed E-state index contributed by atoms with van der Waals surface area (Å²) in [6, 6.07) is 0. The quantitative estimate of drug-likeness (QED) is 0.643. The molecule has 1 rings (SSSR count). The van der Waals surface area contributed by atoms with Gasteiger partial charge in [0.2, 0.25) is 5.92 Å². The van der Waals surface area contributed by atoms with Gasteiger partial charge >= 0.3 is 0 Å². The minimum atomic E-state index is -2.57. The van der Waals surface area contributed by atoms with E-state index in [1.54, 1.807) is 7.11 Å². The van der Waals surface area contributed by atoms with Crippen molar-refractivity contribution in [1.82, 2.24) is 0 Å². The first-order valence-electron chi connectivity index (χ1n) is 5.55. The van der Waals surface area contributed by atoms with Crippen LogP contribution in [0.4, 0.5) is 8.78 Å². The number of ether oxygens (including phenoxy) is 2. The summed E-state index contributed by atoms with van der Waals surface area (Å²) in [5.74, 6) is -2.57. The number of halogens is 2. The Hall–Kier alpha value is -0.220. The van der Waals surface area contributed by atoms with E-state index >= 15 is 0 Å². The fraction of sp³-hybridized carbons (Fsp3) is 1.00. The topological polar surface area (TPSA) is 18.5 Å². The maximum atomic E-state index is 12.5. The highest BCUT2D eigenvalue weighted by Crippen LogP contribution is 2.25. The second kappa shape index (κ2) is 5.75. The molecule has 1 fully saturated rings. The molecule has 0 aliphatic heterocycles. The average Bonchev–Trinajstić information content (AvgIpc) is 2.58. The number of hydrogen-bond donors (Lipinski definition) is 0. The van der Waals surface area contributed by atoms with Gasteiger partial charge in [0.05, 0.1) is 12.2 Å². The first-order valence-corrected chi connectivity index (χ1v) is 5.55. The molecule has 0 bridgehead atoms. The molecule has 0 radical (unpaired) electrons. The molecule has 2 unspecified atom stereocenters. The standard InChI is InChI=1S/C11H20F2O2/c1-11(12,13)7-4-8-15-10-6-3-5-9(10)14-2/h9-10H,3-8H2,1-2H3. The van der Waals surface area contributed by atoms with Crippen LogP contribution in [0.2, 0.25) is 0 Å². The predicted molar refractivity (Wildman–Crippen MR) is 54.2 cm³/mol. The first kappa shape index (κ1) is 12.8. The van der Waals surface area contributed by atoms with Crippen LogP contribution in [0.5, 0.6) is 0 Å². The Morgan fingerprint density at radius 1 is 1.27 bits per heavy atom. The number of hydrogen-bond acceptors (Lipinski definition) is 2. The molecule has 1 aliphatic rings. The minimum absolute atomic E-state index is 0.0998. The van der Waals surface area contributed by atoms with Crippen molar-refractivity contribution in [2.75, 3.05) is 13.7 Å². The normalized spacial score (nSPS) is 27.2. The van der Waals surface area contributed by atoms with Crippen molar-refractivity contribution in [2.24, 2.45) is 0 Å². The molecule has 0 heterocycles. The molecule has 1 saturated carbocycles. The molecule has 4 heteroatoms. The SMILES string of the molecule is COC1CCCC1OCCCC(C)(F)F. The van der Waals surface area contributed by atoms with Gasteiger partial charge in [-0.05, 0) is 32.6 Å². The Labute approximate surface area is 89.9 Å². The summed E-state index contributed by atoms with van der Waals surface area (Å²) in [5, 5.41) is 0. The van der Waals surface area contributed by atoms with Crippen LogP contribution in [0.3, 0.4) is 0 Å². The van der Waals surface area contributed by atoms with E-state index in [0.29, 0.717) is 13.0 Å². The lowest BCUT2D eigenvalue weighted by atomic mass is 10.2. The zero-order chi connectivity index (χ0) is 11.3. The van der Waals surface area contributed by atoms with Gasteiger partial charge in [-0.1, -0.05) is 0 Å². The van der Waals surface area contributed by atoms with Gasteiger partial charge in [-0.25, -0.2) is 8.78 Å². The summed E-state index contributed by atoms with van der Waals surface area (Å²) in [6.07, 6.45) is 3.69. The summed E-state index contributed by atoms with van der Waals surface area (Å²) in [4.78, 5) is 0. The van der Waals surface area contributed by atoms with E-state index in [1.165, 1.54) is 0 Å². The van der Waals surface area contributed by atoms with Crippen LogP contribution in [-0.4, -0.2) is 31.8 Å². The number of methoxy groups -OCH3 is 1. The van der Waals surface area contributed by atoms with Gasteiger partial charge in [0.15, 0.2) is 0 Å². The maximum Gasteiger partial charge on any atom is 0.245 e. The monoisotopic (exact) mass is 222 g/mol. The van der Waals surface area contributed by atoms with E-state index in [2.05, 4.69) is 0 Å². The molecule has 2 nitrogen and oxygen atoms in total. The van der Waals surface area contributed by atoms with Crippen LogP contribution in [0.1, 0.15) is 39.0 Å². The molecule has 0 spiro atoms. The van der Waals surface area contributed by atoms with Gasteiger partial charge in [0.1, 0.15) is 0 Å². The summed E-state index contributed by atoms with van der Waals surface area (Å²) >= 11 is 0. The predicted octanol–water partition coefficient (Wildman–Crippen LogP) is 3.01. The fourth-order valence-corrected chi connectivity index (χ4v) is 1.97. The third-order valence-electron chi connectivity index (χ3n) is 2.79. The maximum absolute atomic E-state index is 12.5. The van der Waals surface area contributed by atoms with E-state index in [9.17, 15) is 8.78 Å². The van der Waals surface area contributed by atoms with Crippen molar-refractivity contribution < 1.29 is 18.3 Å². The Balaban J connectivity index is 2.09. The lowest BCUT2D eigenvalue weighted by molar-refractivity contribution is -0.0488. The molecule has 0 amide bonds. The second-order valence-electron chi connectivity index (χ2n) is 4.29. The van der Waals surface area contributed by atoms with Gasteiger partial charge in [-0.2, -0.15) is 0 Å². The summed E-state index contributed by atoms with van der Waals surface area (Å²) < 4.78 is 35.8. The summed E-state index contributed by atoms with van der Waals surface area (Å²) in [6.45, 7) is 1.36. The van der Waals surface area contributed by atoms with E-state index < -0.39 is 5.92 Å². The Morgan fingerprint density at radius 2 is 1.93 bits per heavy atom. The minimum Gasteiger partial charge on any atom is -0.379 e. The zero-order valence-corrected chi connectivity index (χ0v) is 9.47. The van der Waals surface area contributed by atoms with Gasteiger partial charge in [0.25, 0.3) is 0 Å². The van der Waals surface area contributed by atoms with E-state index in [4.69, 9.17) is 9.47 Å². The van der Waals surface area contributed by atoms with Crippen LogP contribution in [-0.2, 0) is 9.47 Å². The molecule has 90 valence electrons. The summed E-state index contributed by atoms with van der Waals surface area (Å²) in [7, 11) is 1.67. The average molecular weight is 222 g/mol. The van der Waals surface area contributed by atoms with Crippen molar-refractivity contribution in [3.63, 3.8) is 0 Å². The molecule has 1 aliphatic carbocycles. The molecule has 0 aromatic heterocycles. The van der Waals surface area contributed by atoms with E-state index in [1.807, 2.05) is 0 Å². The third kappa shape index (κ3) is 4.89. The lowest BCUT2D eigenvalue weighted by Crippen LogP contribution is -2.25. The van der Waals surface area contributed by atoms with Crippen molar-refractivity contribution in [3.05, 3.63) is 0 Å². The molecule has 2 atom stereocenters. The highest BCUT2D eigenvalue weighted by Gasteiger charge is 2.28. The third-order valence-corrected chi connectivity index (χ3v) is 2.79. The van der Waals surface area contributed by atoms with Crippen LogP contribution in [0, 0.1) is 0 Å². The van der Waals surface area contributed by atoms with Gasteiger partial charge in [-0.3, -0.25) is 0 Å². The smallest absolute Gasteiger partial charge is 0.245 e. The van der Waals surface area contributed by atoms with Gasteiger partial charge in [-0.15, -0.1) is 0 Å². The molecule has 0 saturated heterocycles. The molecule has 0 N–H and O–H groups in total. The second-order valence-corrected chi connectivity index (χ2v) is 4.29. The summed E-state index contributed by atoms with van der Waals surface area (Å²) in [5.41, 5.74) is 0. The number of rotatable bonds is 6. The highest BCUT2D eigenvalue weighted by molar-refractivity contribution is 4.78. The molecular formula is C11H20F2O2. The Morgan fingerprint density at radius 3 is 2.53 bits per heavy atom. The van der Waals surface area contributed by atoms with Gasteiger partial charge < -0.3 is 9.47 Å². The van der Waals surface area contributed by atoms with Crippen LogP contribution in [0.25, 0.3) is 0 Å². The van der Waals surface area contributed by atoms with Crippen molar-refractivity contribution in [3.8, 4) is 0 Å². The van der Waals surface area contributed by atoms with Crippen LogP contribution >= 0.6 is 0 Å². The van der Waals surface area contributed by atoms with Crippen molar-refractivity contribution in [2.45, 2.75) is 57.2 Å². The van der Waals surface area contributed by atoms with Crippen LogP contribution < -0.4 is 0 Å². The van der Waals surface area contributed by atoms with Crippen molar-refractivity contribution in [1.29, 1.82) is 0 Å². The lowest BCUT2D eigenvalue weighted by Gasteiger charge is -2.19. The Kier molecular flexibility index (Phi) is 4.93. The zero-order valence-electron chi connectivity index (χ0n) is 9.47. The fourth-order valence-electron chi connectivity index (χ4n) is 1.97. The molecule has 0 aromatic rings. The Bertz CT molecular complexity index is 180. The van der Waals surface area contributed by atoms with E-state index in [-0.39, 0.29) is 18.6 Å². The van der Waals surface area contributed by atoms with E-state index in [0.717, 1.165) is 26.2 Å². The molecule has 15 heavy (non-hydrogen) atoms. The molecular weight excluding hydrogens is 202 g/mol. The first-order chi connectivity index (χ1) is 7.03. The number of alkyl halides is 2. The molecule has 0 aromatic carbocycles. The van der Waals surface area contributed by atoms with Crippen molar-refractivity contribution >= 4 is 0 Å². The van der Waals surface area contributed by atoms with Gasteiger partial charge in [0, 0.05) is 20.1 Å². The highest BCUT2D eigenvalue weighted by atomic mass is 19.3.